The van der Waals surface area contributed by atoms with Gasteiger partial charge in [0.1, 0.15) is 0 Å². The average Bonchev–Trinajstić information content (AvgIpc) is 2.76. The molecular weight excluding hydrogens is 210 g/mol. The van der Waals surface area contributed by atoms with Gasteiger partial charge in [0.2, 0.25) is 0 Å². The van der Waals surface area contributed by atoms with Gasteiger partial charge in [0.15, 0.2) is 0 Å². The smallest absolute Gasteiger partial charge is 0.254 e. The summed E-state index contributed by atoms with van der Waals surface area (Å²) in [5, 5.41) is 12.4. The van der Waals surface area contributed by atoms with Crippen LogP contribution in [-0.4, -0.2) is 36.1 Å². The van der Waals surface area contributed by atoms with Gasteiger partial charge in [0, 0.05) is 25.6 Å². The van der Waals surface area contributed by atoms with Crippen molar-refractivity contribution in [2.45, 2.75) is 19.3 Å². The molecule has 0 fully saturated rings. The van der Waals surface area contributed by atoms with E-state index >= 15 is 0 Å². The van der Waals surface area contributed by atoms with Crippen LogP contribution in [0.5, 0.6) is 0 Å². The summed E-state index contributed by atoms with van der Waals surface area (Å²) in [6, 6.07) is 1.84. The maximum absolute atomic E-state index is 11.8. The molecule has 0 atom stereocenters. The Kier molecular flexibility index (Phi) is 5.36. The molecule has 3 nitrogen and oxygen atoms in total. The van der Waals surface area contributed by atoms with Crippen LogP contribution in [0.3, 0.4) is 0 Å². The van der Waals surface area contributed by atoms with Gasteiger partial charge in [-0.2, -0.15) is 11.3 Å². The molecule has 0 aliphatic heterocycles. The minimum Gasteiger partial charge on any atom is -0.396 e. The van der Waals surface area contributed by atoms with Crippen molar-refractivity contribution in [1.82, 2.24) is 4.90 Å². The third-order valence-corrected chi connectivity index (χ3v) is 2.95. The van der Waals surface area contributed by atoms with E-state index in [1.807, 2.05) is 23.9 Å². The van der Waals surface area contributed by atoms with Crippen LogP contribution in [0.4, 0.5) is 0 Å². The molecule has 0 aliphatic carbocycles. The van der Waals surface area contributed by atoms with Crippen LogP contribution >= 0.6 is 11.3 Å². The number of hydrogen-bond acceptors (Lipinski definition) is 3. The predicted octanol–water partition coefficient (Wildman–Crippen LogP) is 1.98. The van der Waals surface area contributed by atoms with Crippen molar-refractivity contribution in [2.24, 2.45) is 0 Å². The molecule has 0 radical (unpaired) electrons. The first-order valence-corrected chi connectivity index (χ1v) is 6.08. The van der Waals surface area contributed by atoms with Gasteiger partial charge >= 0.3 is 0 Å². The molecule has 0 aliphatic rings. The van der Waals surface area contributed by atoms with E-state index in [4.69, 9.17) is 5.11 Å². The number of nitrogens with zero attached hydrogens (tertiary/aromatic N) is 1. The monoisotopic (exact) mass is 227 g/mol. The number of carbonyl (C=O) groups is 1. The number of thiophene rings is 1. The van der Waals surface area contributed by atoms with E-state index in [-0.39, 0.29) is 12.5 Å². The van der Waals surface area contributed by atoms with Crippen molar-refractivity contribution >= 4 is 17.2 Å². The first-order chi connectivity index (χ1) is 7.25. The van der Waals surface area contributed by atoms with Gasteiger partial charge in [-0.15, -0.1) is 0 Å². The van der Waals surface area contributed by atoms with Gasteiger partial charge in [0.05, 0.1) is 5.56 Å². The highest BCUT2D eigenvalue weighted by Gasteiger charge is 2.10. The normalized spacial score (nSPS) is 10.3. The minimum atomic E-state index is 0.0836. The van der Waals surface area contributed by atoms with Crippen molar-refractivity contribution in [2.75, 3.05) is 20.2 Å². The summed E-state index contributed by atoms with van der Waals surface area (Å²) in [4.78, 5) is 13.5. The van der Waals surface area contributed by atoms with Crippen LogP contribution in [0, 0.1) is 0 Å². The second-order valence-electron chi connectivity index (χ2n) is 3.52. The Morgan fingerprint density at radius 2 is 2.27 bits per heavy atom. The molecule has 1 N–H and O–H groups in total. The molecule has 15 heavy (non-hydrogen) atoms. The lowest BCUT2D eigenvalue weighted by Gasteiger charge is -2.15. The second kappa shape index (κ2) is 6.58. The Bertz CT molecular complexity index is 285. The molecule has 1 amide bonds. The molecule has 0 aromatic carbocycles. The molecule has 4 heteroatoms. The third kappa shape index (κ3) is 4.01. The fourth-order valence-corrected chi connectivity index (χ4v) is 1.98. The Morgan fingerprint density at radius 1 is 1.47 bits per heavy atom. The molecule has 0 spiro atoms. The standard InChI is InChI=1S/C11H17NO2S/c1-12(6-3-2-4-7-13)11(14)10-5-8-15-9-10/h5,8-9,13H,2-4,6-7H2,1H3. The molecule has 0 bridgehead atoms. The van der Waals surface area contributed by atoms with Crippen molar-refractivity contribution in [3.63, 3.8) is 0 Å². The maximum atomic E-state index is 11.8. The zero-order valence-corrected chi connectivity index (χ0v) is 9.80. The Labute approximate surface area is 94.3 Å². The molecule has 1 heterocycles. The summed E-state index contributed by atoms with van der Waals surface area (Å²) in [7, 11) is 1.82. The summed E-state index contributed by atoms with van der Waals surface area (Å²) in [6.07, 6.45) is 2.74. The van der Waals surface area contributed by atoms with Gasteiger partial charge in [0.25, 0.3) is 5.91 Å². The van der Waals surface area contributed by atoms with Gasteiger partial charge in [-0.05, 0) is 30.7 Å². The van der Waals surface area contributed by atoms with Crippen molar-refractivity contribution < 1.29 is 9.90 Å². The van der Waals surface area contributed by atoms with Gasteiger partial charge in [-0.1, -0.05) is 0 Å². The molecule has 0 saturated heterocycles. The lowest BCUT2D eigenvalue weighted by Crippen LogP contribution is -2.27. The number of amides is 1. The van der Waals surface area contributed by atoms with Crippen LogP contribution in [0.1, 0.15) is 29.6 Å². The van der Waals surface area contributed by atoms with Gasteiger partial charge in [-0.3, -0.25) is 4.79 Å². The van der Waals surface area contributed by atoms with Crippen LogP contribution in [0.2, 0.25) is 0 Å². The van der Waals surface area contributed by atoms with E-state index in [1.54, 1.807) is 4.90 Å². The van der Waals surface area contributed by atoms with Crippen LogP contribution in [0.15, 0.2) is 16.8 Å². The summed E-state index contributed by atoms with van der Waals surface area (Å²) in [6.45, 7) is 0.997. The first-order valence-electron chi connectivity index (χ1n) is 5.14. The van der Waals surface area contributed by atoms with E-state index < -0.39 is 0 Å². The quantitative estimate of drug-likeness (QED) is 0.755. The van der Waals surface area contributed by atoms with E-state index in [2.05, 4.69) is 0 Å². The summed E-state index contributed by atoms with van der Waals surface area (Å²) in [5.74, 6) is 0.0836. The number of rotatable bonds is 6. The van der Waals surface area contributed by atoms with E-state index in [9.17, 15) is 4.79 Å². The highest BCUT2D eigenvalue weighted by Crippen LogP contribution is 2.09. The van der Waals surface area contributed by atoms with E-state index in [1.165, 1.54) is 11.3 Å². The molecule has 84 valence electrons. The predicted molar refractivity (Wildman–Crippen MR) is 62.2 cm³/mol. The largest absolute Gasteiger partial charge is 0.396 e. The van der Waals surface area contributed by atoms with Gasteiger partial charge < -0.3 is 10.0 Å². The summed E-state index contributed by atoms with van der Waals surface area (Å²) < 4.78 is 0. The van der Waals surface area contributed by atoms with Gasteiger partial charge in [-0.25, -0.2) is 0 Å². The lowest BCUT2D eigenvalue weighted by molar-refractivity contribution is 0.0792. The topological polar surface area (TPSA) is 40.5 Å². The summed E-state index contributed by atoms with van der Waals surface area (Å²) >= 11 is 1.54. The fourth-order valence-electron chi connectivity index (χ4n) is 1.35. The fraction of sp³-hybridized carbons (Fsp3) is 0.545. The summed E-state index contributed by atoms with van der Waals surface area (Å²) in [5.41, 5.74) is 0.768. The number of aliphatic hydroxyl groups is 1. The molecular formula is C11H17NO2S. The lowest BCUT2D eigenvalue weighted by atomic mass is 10.2. The van der Waals surface area contributed by atoms with Crippen molar-refractivity contribution in [1.29, 1.82) is 0 Å². The van der Waals surface area contributed by atoms with Crippen molar-refractivity contribution in [3.05, 3.63) is 22.4 Å². The number of carbonyl (C=O) groups excluding carboxylic acids is 1. The Morgan fingerprint density at radius 3 is 2.87 bits per heavy atom. The number of unbranched alkanes of at least 4 members (excludes halogenated alkanes) is 2. The third-order valence-electron chi connectivity index (χ3n) is 2.27. The molecule has 0 unspecified atom stereocenters. The Balaban J connectivity index is 2.28. The Hall–Kier alpha value is -0.870. The maximum Gasteiger partial charge on any atom is 0.254 e. The van der Waals surface area contributed by atoms with Crippen LogP contribution in [-0.2, 0) is 0 Å². The molecule has 1 aromatic heterocycles. The zero-order valence-electron chi connectivity index (χ0n) is 8.98. The SMILES string of the molecule is CN(CCCCCO)C(=O)c1ccsc1. The minimum absolute atomic E-state index is 0.0836. The second-order valence-corrected chi connectivity index (χ2v) is 4.30. The molecule has 1 aromatic rings. The van der Waals surface area contributed by atoms with Crippen LogP contribution < -0.4 is 0 Å². The van der Waals surface area contributed by atoms with E-state index in [0.717, 1.165) is 31.4 Å². The molecule has 0 saturated carbocycles. The average molecular weight is 227 g/mol. The number of aliphatic hydroxyl groups excluding tert-OH is 1. The van der Waals surface area contributed by atoms with E-state index in [0.29, 0.717) is 0 Å². The molecule has 1 rings (SSSR count). The highest BCUT2D eigenvalue weighted by molar-refractivity contribution is 7.08. The first kappa shape index (κ1) is 12.2. The zero-order chi connectivity index (χ0) is 11.1. The van der Waals surface area contributed by atoms with Crippen molar-refractivity contribution in [3.8, 4) is 0 Å². The number of hydrogen-bond donors (Lipinski definition) is 1. The van der Waals surface area contributed by atoms with Crippen LogP contribution in [0.25, 0.3) is 0 Å². The highest BCUT2D eigenvalue weighted by atomic mass is 32.1.